The number of carbonyl (C=O) groups excluding carboxylic acids is 1. The average molecular weight is 269 g/mol. The largest absolute Gasteiger partial charge is 0.394 e. The number of hydrogen-bond donors (Lipinski definition) is 2. The van der Waals surface area contributed by atoms with E-state index in [1.807, 2.05) is 37.3 Å². The molecule has 0 aliphatic carbocycles. The number of hydrogen-bond acceptors (Lipinski definition) is 4. The normalized spacial score (nSPS) is 12.2. The van der Waals surface area contributed by atoms with Crippen molar-refractivity contribution in [2.75, 3.05) is 29.6 Å². The molecule has 18 heavy (non-hydrogen) atoms. The van der Waals surface area contributed by atoms with Gasteiger partial charge in [-0.25, -0.2) is 0 Å². The second-order valence-corrected chi connectivity index (χ2v) is 4.86. The first kappa shape index (κ1) is 15.0. The number of anilines is 1. The van der Waals surface area contributed by atoms with Crippen molar-refractivity contribution in [3.63, 3.8) is 0 Å². The fourth-order valence-electron chi connectivity index (χ4n) is 1.52. The van der Waals surface area contributed by atoms with Gasteiger partial charge in [-0.2, -0.15) is 0 Å². The van der Waals surface area contributed by atoms with Gasteiger partial charge in [-0.3, -0.25) is 4.79 Å². The van der Waals surface area contributed by atoms with E-state index in [0.717, 1.165) is 5.69 Å². The Balaban J connectivity index is 2.48. The number of thioether (sulfide) groups is 1. The van der Waals surface area contributed by atoms with Gasteiger partial charge in [-0.05, 0) is 19.1 Å². The maximum atomic E-state index is 12.0. The summed E-state index contributed by atoms with van der Waals surface area (Å²) < 4.78 is 0. The molecule has 0 fully saturated rings. The number of rotatable bonds is 7. The van der Waals surface area contributed by atoms with Crippen molar-refractivity contribution in [2.24, 2.45) is 0 Å². The molecule has 0 spiro atoms. The average Bonchev–Trinajstić information content (AvgIpc) is 2.40. The molecule has 0 aliphatic heterocycles. The molecule has 1 amide bonds. The van der Waals surface area contributed by atoms with Gasteiger partial charge in [0.1, 0.15) is 0 Å². The molecule has 100 valence electrons. The lowest BCUT2D eigenvalue weighted by atomic mass is 10.3. The number of aliphatic hydroxyl groups is 2. The first-order valence-electron chi connectivity index (χ1n) is 5.91. The SMILES string of the molecule is CCN(C(=O)CSCC(O)CO)c1ccccc1. The lowest BCUT2D eigenvalue weighted by Gasteiger charge is -2.21. The third-order valence-electron chi connectivity index (χ3n) is 2.43. The number of amides is 1. The van der Waals surface area contributed by atoms with Crippen molar-refractivity contribution in [1.82, 2.24) is 0 Å². The molecule has 1 aromatic carbocycles. The second-order valence-electron chi connectivity index (χ2n) is 3.83. The number of aliphatic hydroxyl groups excluding tert-OH is 2. The van der Waals surface area contributed by atoms with Crippen LogP contribution >= 0.6 is 11.8 Å². The quantitative estimate of drug-likeness (QED) is 0.779. The van der Waals surface area contributed by atoms with Crippen LogP contribution in [0.2, 0.25) is 0 Å². The van der Waals surface area contributed by atoms with Gasteiger partial charge >= 0.3 is 0 Å². The van der Waals surface area contributed by atoms with E-state index in [2.05, 4.69) is 0 Å². The minimum atomic E-state index is -0.755. The van der Waals surface area contributed by atoms with Crippen LogP contribution in [0.25, 0.3) is 0 Å². The first-order valence-corrected chi connectivity index (χ1v) is 7.06. The molecular weight excluding hydrogens is 250 g/mol. The van der Waals surface area contributed by atoms with Gasteiger partial charge in [-0.1, -0.05) is 18.2 Å². The highest BCUT2D eigenvalue weighted by atomic mass is 32.2. The lowest BCUT2D eigenvalue weighted by Crippen LogP contribution is -2.32. The minimum absolute atomic E-state index is 0.0128. The van der Waals surface area contributed by atoms with E-state index in [1.165, 1.54) is 11.8 Å². The zero-order valence-electron chi connectivity index (χ0n) is 10.5. The molecule has 0 aliphatic rings. The monoisotopic (exact) mass is 269 g/mol. The fraction of sp³-hybridized carbons (Fsp3) is 0.462. The molecular formula is C13H19NO3S. The van der Waals surface area contributed by atoms with Crippen LogP contribution in [0.15, 0.2) is 30.3 Å². The summed E-state index contributed by atoms with van der Waals surface area (Å²) in [4.78, 5) is 13.7. The van der Waals surface area contributed by atoms with Crippen molar-refractivity contribution in [2.45, 2.75) is 13.0 Å². The second kappa shape index (κ2) is 8.13. The van der Waals surface area contributed by atoms with Gasteiger partial charge in [0.2, 0.25) is 5.91 Å². The topological polar surface area (TPSA) is 60.8 Å². The summed E-state index contributed by atoms with van der Waals surface area (Å²) in [7, 11) is 0. The van der Waals surface area contributed by atoms with Gasteiger partial charge in [0.25, 0.3) is 0 Å². The van der Waals surface area contributed by atoms with E-state index in [0.29, 0.717) is 18.1 Å². The highest BCUT2D eigenvalue weighted by Crippen LogP contribution is 2.15. The van der Waals surface area contributed by atoms with Crippen LogP contribution in [0.5, 0.6) is 0 Å². The summed E-state index contributed by atoms with van der Waals surface area (Å²) in [5, 5.41) is 17.9. The Kier molecular flexibility index (Phi) is 6.78. The molecule has 0 aromatic heterocycles. The van der Waals surface area contributed by atoms with Gasteiger partial charge in [0.05, 0.1) is 18.5 Å². The van der Waals surface area contributed by atoms with Gasteiger partial charge < -0.3 is 15.1 Å². The van der Waals surface area contributed by atoms with Crippen LogP contribution in [0.1, 0.15) is 6.92 Å². The standard InChI is InChI=1S/C13H19NO3S/c1-2-14(11-6-4-3-5-7-11)13(17)10-18-9-12(16)8-15/h3-7,12,15-16H,2,8-10H2,1H3. The number of benzene rings is 1. The van der Waals surface area contributed by atoms with Crippen molar-refractivity contribution < 1.29 is 15.0 Å². The van der Waals surface area contributed by atoms with E-state index in [4.69, 9.17) is 5.11 Å². The number of nitrogens with zero attached hydrogens (tertiary/aromatic N) is 1. The summed E-state index contributed by atoms with van der Waals surface area (Å²) >= 11 is 1.33. The van der Waals surface area contributed by atoms with Crippen molar-refractivity contribution in [3.05, 3.63) is 30.3 Å². The Morgan fingerprint density at radius 3 is 2.61 bits per heavy atom. The maximum absolute atomic E-state index is 12.0. The lowest BCUT2D eigenvalue weighted by molar-refractivity contribution is -0.116. The third-order valence-corrected chi connectivity index (χ3v) is 3.50. The zero-order valence-corrected chi connectivity index (χ0v) is 11.3. The van der Waals surface area contributed by atoms with E-state index in [1.54, 1.807) is 4.90 Å². The molecule has 0 saturated carbocycles. The van der Waals surface area contributed by atoms with Crippen molar-refractivity contribution in [1.29, 1.82) is 0 Å². The van der Waals surface area contributed by atoms with E-state index in [-0.39, 0.29) is 12.5 Å². The zero-order chi connectivity index (χ0) is 13.4. The molecule has 4 nitrogen and oxygen atoms in total. The van der Waals surface area contributed by atoms with Gasteiger partial charge in [0.15, 0.2) is 0 Å². The molecule has 1 atom stereocenters. The Labute approximate surface area is 112 Å². The van der Waals surface area contributed by atoms with Crippen LogP contribution < -0.4 is 4.90 Å². The van der Waals surface area contributed by atoms with Crippen molar-refractivity contribution in [3.8, 4) is 0 Å². The van der Waals surface area contributed by atoms with Gasteiger partial charge in [-0.15, -0.1) is 11.8 Å². The predicted molar refractivity (Wildman–Crippen MR) is 74.9 cm³/mol. The third kappa shape index (κ3) is 4.68. The van der Waals surface area contributed by atoms with E-state index < -0.39 is 6.10 Å². The summed E-state index contributed by atoms with van der Waals surface area (Å²) in [6.07, 6.45) is -0.755. The van der Waals surface area contributed by atoms with Crippen LogP contribution in [-0.2, 0) is 4.79 Å². The predicted octanol–water partition coefficient (Wildman–Crippen LogP) is 1.13. The van der Waals surface area contributed by atoms with E-state index >= 15 is 0 Å². The van der Waals surface area contributed by atoms with Crippen molar-refractivity contribution >= 4 is 23.4 Å². The number of carbonyl (C=O) groups is 1. The molecule has 0 saturated heterocycles. The summed E-state index contributed by atoms with van der Waals surface area (Å²) in [5.41, 5.74) is 0.883. The smallest absolute Gasteiger partial charge is 0.236 e. The summed E-state index contributed by atoms with van der Waals surface area (Å²) in [6, 6.07) is 9.50. The highest BCUT2D eigenvalue weighted by molar-refractivity contribution is 8.00. The Bertz CT molecular complexity index is 359. The summed E-state index contributed by atoms with van der Waals surface area (Å²) in [6.45, 7) is 2.28. The number of para-hydroxylation sites is 1. The van der Waals surface area contributed by atoms with Crippen LogP contribution in [0.3, 0.4) is 0 Å². The maximum Gasteiger partial charge on any atom is 0.236 e. The minimum Gasteiger partial charge on any atom is -0.394 e. The molecule has 0 bridgehead atoms. The Morgan fingerprint density at radius 1 is 1.39 bits per heavy atom. The van der Waals surface area contributed by atoms with Crippen LogP contribution in [-0.4, -0.2) is 46.9 Å². The molecule has 0 radical (unpaired) electrons. The summed E-state index contributed by atoms with van der Waals surface area (Å²) in [5.74, 6) is 0.688. The molecule has 1 rings (SSSR count). The first-order chi connectivity index (χ1) is 8.69. The van der Waals surface area contributed by atoms with Crippen LogP contribution in [0.4, 0.5) is 5.69 Å². The molecule has 1 aromatic rings. The Hall–Kier alpha value is -1.04. The Morgan fingerprint density at radius 2 is 2.06 bits per heavy atom. The fourth-order valence-corrected chi connectivity index (χ4v) is 2.35. The van der Waals surface area contributed by atoms with Gasteiger partial charge in [0, 0.05) is 18.0 Å². The highest BCUT2D eigenvalue weighted by Gasteiger charge is 2.14. The van der Waals surface area contributed by atoms with E-state index in [9.17, 15) is 9.90 Å². The molecule has 1 unspecified atom stereocenters. The molecule has 5 heteroatoms. The van der Waals surface area contributed by atoms with Crippen LogP contribution in [0, 0.1) is 0 Å². The molecule has 2 N–H and O–H groups in total. The molecule has 0 heterocycles.